The van der Waals surface area contributed by atoms with Gasteiger partial charge in [-0.2, -0.15) is 4.31 Å². The van der Waals surface area contributed by atoms with Gasteiger partial charge in [-0.3, -0.25) is 0 Å². The molecular weight excluding hydrogens is 300 g/mol. The van der Waals surface area contributed by atoms with Crippen LogP contribution in [0.3, 0.4) is 0 Å². The number of nitrogen functional groups attached to an aromatic ring is 1. The van der Waals surface area contributed by atoms with E-state index in [1.165, 1.54) is 29.7 Å². The second-order valence-corrected chi connectivity index (χ2v) is 6.91. The van der Waals surface area contributed by atoms with Gasteiger partial charge in [0.1, 0.15) is 5.76 Å². The van der Waals surface area contributed by atoms with Crippen LogP contribution in [0.5, 0.6) is 0 Å². The molecule has 0 bridgehead atoms. The van der Waals surface area contributed by atoms with E-state index >= 15 is 0 Å². The number of hydrogen-bond donors (Lipinski definition) is 1. The first-order chi connectivity index (χ1) is 9.32. The highest BCUT2D eigenvalue weighted by molar-refractivity contribution is 7.89. The van der Waals surface area contributed by atoms with E-state index in [2.05, 4.69) is 0 Å². The number of furan rings is 1. The first-order valence-corrected chi connectivity index (χ1v) is 7.68. The van der Waals surface area contributed by atoms with Gasteiger partial charge in [0.2, 0.25) is 10.0 Å². The summed E-state index contributed by atoms with van der Waals surface area (Å²) in [7, 11) is -2.19. The fourth-order valence-electron chi connectivity index (χ4n) is 1.71. The summed E-state index contributed by atoms with van der Waals surface area (Å²) in [5, 5.41) is 0.329. The molecule has 0 radical (unpaired) electrons. The van der Waals surface area contributed by atoms with Crippen molar-refractivity contribution in [2.45, 2.75) is 18.4 Å². The van der Waals surface area contributed by atoms with Crippen LogP contribution in [0.4, 0.5) is 5.69 Å². The molecule has 108 valence electrons. The third kappa shape index (κ3) is 2.82. The Labute approximate surface area is 123 Å². The van der Waals surface area contributed by atoms with Gasteiger partial charge in [-0.25, -0.2) is 8.42 Å². The molecule has 0 saturated carbocycles. The maximum absolute atomic E-state index is 12.4. The van der Waals surface area contributed by atoms with Gasteiger partial charge in [0, 0.05) is 17.8 Å². The quantitative estimate of drug-likeness (QED) is 0.880. The molecule has 1 aromatic carbocycles. The predicted octanol–water partition coefficient (Wildman–Crippen LogP) is 2.64. The van der Waals surface area contributed by atoms with Gasteiger partial charge in [-0.15, -0.1) is 0 Å². The minimum atomic E-state index is -3.67. The van der Waals surface area contributed by atoms with Crippen LogP contribution in [0, 0.1) is 6.92 Å². The van der Waals surface area contributed by atoms with Crippen LogP contribution in [0.25, 0.3) is 0 Å². The van der Waals surface area contributed by atoms with Gasteiger partial charge in [-0.1, -0.05) is 11.6 Å². The number of benzene rings is 1. The van der Waals surface area contributed by atoms with Crippen LogP contribution >= 0.6 is 11.6 Å². The Morgan fingerprint density at radius 2 is 2.10 bits per heavy atom. The van der Waals surface area contributed by atoms with Gasteiger partial charge in [-0.05, 0) is 36.8 Å². The first kappa shape index (κ1) is 14.9. The van der Waals surface area contributed by atoms with E-state index in [4.69, 9.17) is 21.8 Å². The molecule has 0 spiro atoms. The Bertz CT molecular complexity index is 688. The zero-order chi connectivity index (χ0) is 14.9. The van der Waals surface area contributed by atoms with Crippen LogP contribution in [0.1, 0.15) is 11.3 Å². The zero-order valence-electron chi connectivity index (χ0n) is 11.1. The van der Waals surface area contributed by atoms with Crippen LogP contribution < -0.4 is 5.73 Å². The Kier molecular flexibility index (Phi) is 4.08. The summed E-state index contributed by atoms with van der Waals surface area (Å²) in [6.45, 7) is 1.88. The topological polar surface area (TPSA) is 76.5 Å². The van der Waals surface area contributed by atoms with Gasteiger partial charge in [0.05, 0.1) is 17.7 Å². The van der Waals surface area contributed by atoms with Crippen LogP contribution in [0.2, 0.25) is 5.02 Å². The summed E-state index contributed by atoms with van der Waals surface area (Å²) in [6, 6.07) is 6.23. The number of sulfonamides is 1. The molecule has 5 nitrogen and oxygen atoms in total. The third-order valence-electron chi connectivity index (χ3n) is 3.02. The summed E-state index contributed by atoms with van der Waals surface area (Å²) < 4.78 is 31.2. The second-order valence-electron chi connectivity index (χ2n) is 4.46. The summed E-state index contributed by atoms with van der Waals surface area (Å²) in [5.74, 6) is 0.558. The number of anilines is 1. The lowest BCUT2D eigenvalue weighted by atomic mass is 10.2. The molecule has 1 heterocycles. The van der Waals surface area contributed by atoms with E-state index in [1.807, 2.05) is 0 Å². The zero-order valence-corrected chi connectivity index (χ0v) is 12.7. The van der Waals surface area contributed by atoms with Crippen molar-refractivity contribution in [2.75, 3.05) is 12.8 Å². The summed E-state index contributed by atoms with van der Waals surface area (Å²) in [4.78, 5) is 0.0691. The molecule has 0 aliphatic rings. The standard InChI is InChI=1S/C13H15ClN2O3S/c1-9-12(14)6-11(7-13(9)15)20(17,18)16(2)8-10-4-3-5-19-10/h3-7H,8,15H2,1-2H3. The number of nitrogens with zero attached hydrogens (tertiary/aromatic N) is 1. The van der Waals surface area contributed by atoms with Crippen LogP contribution in [0.15, 0.2) is 39.8 Å². The highest BCUT2D eigenvalue weighted by atomic mass is 35.5. The third-order valence-corrected chi connectivity index (χ3v) is 5.20. The van der Waals surface area contributed by atoms with Crippen molar-refractivity contribution in [3.63, 3.8) is 0 Å². The van der Waals surface area contributed by atoms with Crippen molar-refractivity contribution in [1.29, 1.82) is 0 Å². The number of hydrogen-bond acceptors (Lipinski definition) is 4. The van der Waals surface area contributed by atoms with E-state index in [-0.39, 0.29) is 11.4 Å². The number of nitrogens with two attached hydrogens (primary N) is 1. The molecule has 7 heteroatoms. The molecule has 0 unspecified atom stereocenters. The van der Waals surface area contributed by atoms with Crippen molar-refractivity contribution < 1.29 is 12.8 Å². The molecule has 0 amide bonds. The van der Waals surface area contributed by atoms with Gasteiger partial charge < -0.3 is 10.2 Å². The minimum absolute atomic E-state index is 0.0691. The first-order valence-electron chi connectivity index (χ1n) is 5.86. The monoisotopic (exact) mass is 314 g/mol. The summed E-state index contributed by atoms with van der Waals surface area (Å²) in [6.07, 6.45) is 1.50. The van der Waals surface area contributed by atoms with Crippen molar-refractivity contribution >= 4 is 27.3 Å². The summed E-state index contributed by atoms with van der Waals surface area (Å²) >= 11 is 5.99. The smallest absolute Gasteiger partial charge is 0.243 e. The maximum atomic E-state index is 12.4. The average Bonchev–Trinajstić information content (AvgIpc) is 2.88. The van der Waals surface area contributed by atoms with E-state index in [0.29, 0.717) is 22.0 Å². The number of rotatable bonds is 4. The second kappa shape index (κ2) is 5.47. The van der Waals surface area contributed by atoms with Gasteiger partial charge >= 0.3 is 0 Å². The molecule has 20 heavy (non-hydrogen) atoms. The molecule has 0 aliphatic heterocycles. The fraction of sp³-hybridized carbons (Fsp3) is 0.231. The molecule has 1 aromatic heterocycles. The van der Waals surface area contributed by atoms with Crippen molar-refractivity contribution in [2.24, 2.45) is 0 Å². The Morgan fingerprint density at radius 1 is 1.40 bits per heavy atom. The van der Waals surface area contributed by atoms with E-state index in [0.717, 1.165) is 0 Å². The van der Waals surface area contributed by atoms with E-state index < -0.39 is 10.0 Å². The highest BCUT2D eigenvalue weighted by Gasteiger charge is 2.23. The van der Waals surface area contributed by atoms with Crippen molar-refractivity contribution in [3.8, 4) is 0 Å². The van der Waals surface area contributed by atoms with Crippen molar-refractivity contribution in [3.05, 3.63) is 46.9 Å². The number of halogens is 1. The summed E-state index contributed by atoms with van der Waals surface area (Å²) in [5.41, 5.74) is 6.78. The highest BCUT2D eigenvalue weighted by Crippen LogP contribution is 2.27. The lowest BCUT2D eigenvalue weighted by Gasteiger charge is -2.17. The molecule has 2 rings (SSSR count). The average molecular weight is 315 g/mol. The maximum Gasteiger partial charge on any atom is 0.243 e. The predicted molar refractivity (Wildman–Crippen MR) is 78.0 cm³/mol. The molecule has 0 aliphatic carbocycles. The Morgan fingerprint density at radius 3 is 2.65 bits per heavy atom. The minimum Gasteiger partial charge on any atom is -0.468 e. The van der Waals surface area contributed by atoms with Crippen LogP contribution in [-0.2, 0) is 16.6 Å². The molecule has 0 saturated heterocycles. The van der Waals surface area contributed by atoms with Crippen molar-refractivity contribution in [1.82, 2.24) is 4.31 Å². The van der Waals surface area contributed by atoms with Gasteiger partial charge in [0.25, 0.3) is 0 Å². The van der Waals surface area contributed by atoms with E-state index in [1.54, 1.807) is 19.1 Å². The Hall–Kier alpha value is -1.50. The lowest BCUT2D eigenvalue weighted by Crippen LogP contribution is -2.26. The normalized spacial score (nSPS) is 12.0. The van der Waals surface area contributed by atoms with E-state index in [9.17, 15) is 8.42 Å². The van der Waals surface area contributed by atoms with Crippen LogP contribution in [-0.4, -0.2) is 19.8 Å². The largest absolute Gasteiger partial charge is 0.468 e. The molecule has 2 N–H and O–H groups in total. The molecule has 0 fully saturated rings. The van der Waals surface area contributed by atoms with Gasteiger partial charge in [0.15, 0.2) is 0 Å². The Balaban J connectivity index is 2.35. The lowest BCUT2D eigenvalue weighted by molar-refractivity contribution is 0.406. The molecule has 0 atom stereocenters. The molecule has 2 aromatic rings. The SMILES string of the molecule is Cc1c(N)cc(S(=O)(=O)N(C)Cc2ccco2)cc1Cl. The fourth-order valence-corrected chi connectivity index (χ4v) is 3.20. The molecular formula is C13H15ClN2O3S.